The molecule has 0 radical (unpaired) electrons. The van der Waals surface area contributed by atoms with E-state index in [0.29, 0.717) is 12.2 Å². The number of carboxylic acids is 3. The van der Waals surface area contributed by atoms with Crippen molar-refractivity contribution in [2.24, 2.45) is 0 Å². The second kappa shape index (κ2) is 10.7. The summed E-state index contributed by atoms with van der Waals surface area (Å²) in [6.45, 7) is 2.36. The lowest BCUT2D eigenvalue weighted by molar-refractivity contribution is -0.170. The van der Waals surface area contributed by atoms with Gasteiger partial charge in [-0.25, -0.2) is 9.59 Å². The molecule has 26 heavy (non-hydrogen) atoms. The van der Waals surface area contributed by atoms with Crippen molar-refractivity contribution >= 4 is 23.9 Å². The average molecular weight is 372 g/mol. The first-order valence-corrected chi connectivity index (χ1v) is 7.37. The number of carboxylic acid groups (broad SMARTS) is 3. The Morgan fingerprint density at radius 3 is 1.77 bits per heavy atom. The molecule has 0 aliphatic heterocycles. The van der Waals surface area contributed by atoms with Crippen LogP contribution in [0.1, 0.15) is 36.5 Å². The van der Waals surface area contributed by atoms with Crippen LogP contribution >= 0.6 is 0 Å². The summed E-state index contributed by atoms with van der Waals surface area (Å²) in [6.07, 6.45) is -1.48. The number of aliphatic carboxylic acids is 3. The Labute approximate surface area is 148 Å². The number of ether oxygens (including phenoxy) is 1. The van der Waals surface area contributed by atoms with Crippen molar-refractivity contribution < 1.29 is 49.4 Å². The molecule has 0 saturated carbocycles. The van der Waals surface area contributed by atoms with Crippen molar-refractivity contribution in [2.45, 2.75) is 31.8 Å². The Morgan fingerprint density at radius 1 is 0.962 bits per heavy atom. The third kappa shape index (κ3) is 8.64. The zero-order valence-electron chi connectivity index (χ0n) is 13.9. The molecular formula is C16H20O10. The summed E-state index contributed by atoms with van der Waals surface area (Å²) in [4.78, 5) is 41.7. The number of esters is 1. The van der Waals surface area contributed by atoms with Crippen molar-refractivity contribution in [1.82, 2.24) is 0 Å². The monoisotopic (exact) mass is 372 g/mol. The third-order valence-electron chi connectivity index (χ3n) is 2.83. The van der Waals surface area contributed by atoms with E-state index in [1.165, 1.54) is 24.3 Å². The van der Waals surface area contributed by atoms with Crippen molar-refractivity contribution in [3.63, 3.8) is 0 Å². The van der Waals surface area contributed by atoms with Crippen LogP contribution in [-0.4, -0.2) is 61.6 Å². The fourth-order valence-corrected chi connectivity index (χ4v) is 1.59. The third-order valence-corrected chi connectivity index (χ3v) is 2.83. The van der Waals surface area contributed by atoms with Crippen LogP contribution in [-0.2, 0) is 19.1 Å². The van der Waals surface area contributed by atoms with Gasteiger partial charge in [-0.15, -0.1) is 0 Å². The van der Waals surface area contributed by atoms with Crippen LogP contribution in [0.15, 0.2) is 24.3 Å². The van der Waals surface area contributed by atoms with Gasteiger partial charge in [0.25, 0.3) is 0 Å². The Morgan fingerprint density at radius 2 is 1.42 bits per heavy atom. The Bertz CT molecular complexity index is 619. The van der Waals surface area contributed by atoms with E-state index >= 15 is 0 Å². The molecule has 0 aliphatic carbocycles. The van der Waals surface area contributed by atoms with E-state index in [1.54, 1.807) is 0 Å². The summed E-state index contributed by atoms with van der Waals surface area (Å²) in [6, 6.07) is 5.99. The number of aliphatic hydroxyl groups is 1. The fourth-order valence-electron chi connectivity index (χ4n) is 1.59. The van der Waals surface area contributed by atoms with Gasteiger partial charge in [-0.05, 0) is 30.7 Å². The zero-order chi connectivity index (χ0) is 20.3. The molecule has 0 amide bonds. The van der Waals surface area contributed by atoms with E-state index in [2.05, 4.69) is 0 Å². The van der Waals surface area contributed by atoms with Gasteiger partial charge in [0, 0.05) is 0 Å². The van der Waals surface area contributed by atoms with Crippen LogP contribution < -0.4 is 0 Å². The summed E-state index contributed by atoms with van der Waals surface area (Å²) >= 11 is 0. The highest BCUT2D eigenvalue weighted by molar-refractivity contribution is 5.89. The minimum absolute atomic E-state index is 0.145. The average Bonchev–Trinajstić information content (AvgIpc) is 2.52. The number of phenolic OH excluding ortho intramolecular Hbond substituents is 1. The fraction of sp³-hybridized carbons (Fsp3) is 0.375. The lowest BCUT2D eigenvalue weighted by atomic mass is 9.96. The van der Waals surface area contributed by atoms with Gasteiger partial charge >= 0.3 is 23.9 Å². The van der Waals surface area contributed by atoms with Crippen LogP contribution in [0, 0.1) is 0 Å². The number of hydrogen-bond acceptors (Lipinski definition) is 7. The summed E-state index contributed by atoms with van der Waals surface area (Å²) in [5.41, 5.74) is -2.27. The Kier molecular flexibility index (Phi) is 9.38. The van der Waals surface area contributed by atoms with Gasteiger partial charge in [0.1, 0.15) is 5.75 Å². The van der Waals surface area contributed by atoms with Crippen LogP contribution in [0.25, 0.3) is 0 Å². The zero-order valence-corrected chi connectivity index (χ0v) is 13.9. The maximum absolute atomic E-state index is 11.2. The van der Waals surface area contributed by atoms with E-state index < -0.39 is 36.4 Å². The van der Waals surface area contributed by atoms with E-state index in [-0.39, 0.29) is 11.7 Å². The maximum Gasteiger partial charge on any atom is 0.338 e. The second-order valence-electron chi connectivity index (χ2n) is 5.16. The maximum atomic E-state index is 11.2. The molecule has 0 heterocycles. The number of carbonyl (C=O) groups excluding carboxylic acids is 1. The van der Waals surface area contributed by atoms with Crippen molar-refractivity contribution in [1.29, 1.82) is 0 Å². The molecule has 0 saturated heterocycles. The normalized spacial score (nSPS) is 10.2. The molecule has 0 aliphatic rings. The molecule has 0 atom stereocenters. The van der Waals surface area contributed by atoms with Crippen LogP contribution in [0.4, 0.5) is 0 Å². The molecule has 10 nitrogen and oxygen atoms in total. The predicted octanol–water partition coefficient (Wildman–Crippen LogP) is 0.710. The number of phenols is 1. The number of benzene rings is 1. The van der Waals surface area contributed by atoms with Crippen molar-refractivity contribution in [2.75, 3.05) is 6.61 Å². The van der Waals surface area contributed by atoms with E-state index in [0.717, 1.165) is 6.42 Å². The smallest absolute Gasteiger partial charge is 0.338 e. The van der Waals surface area contributed by atoms with Crippen molar-refractivity contribution in [3.8, 4) is 5.75 Å². The SMILES string of the molecule is CCCOC(=O)c1ccc(O)cc1.O=C(O)CC(O)(CC(=O)O)C(=O)O. The number of rotatable bonds is 8. The van der Waals surface area contributed by atoms with Crippen LogP contribution in [0.3, 0.4) is 0 Å². The first-order chi connectivity index (χ1) is 12.0. The first kappa shape index (κ1) is 22.9. The van der Waals surface area contributed by atoms with Gasteiger partial charge in [0.05, 0.1) is 25.0 Å². The molecule has 10 heteroatoms. The molecule has 0 fully saturated rings. The quantitative estimate of drug-likeness (QED) is 0.408. The van der Waals surface area contributed by atoms with Crippen LogP contribution in [0.2, 0.25) is 0 Å². The minimum atomic E-state index is -2.74. The summed E-state index contributed by atoms with van der Waals surface area (Å²) in [7, 11) is 0. The van der Waals surface area contributed by atoms with Gasteiger partial charge in [-0.1, -0.05) is 6.92 Å². The molecule has 0 bridgehead atoms. The van der Waals surface area contributed by atoms with E-state index in [4.69, 9.17) is 30.3 Å². The lowest BCUT2D eigenvalue weighted by Crippen LogP contribution is -2.42. The highest BCUT2D eigenvalue weighted by Crippen LogP contribution is 2.15. The van der Waals surface area contributed by atoms with E-state index in [9.17, 15) is 19.2 Å². The summed E-state index contributed by atoms with van der Waals surface area (Å²) < 4.78 is 4.90. The Balaban J connectivity index is 0.000000481. The molecule has 144 valence electrons. The van der Waals surface area contributed by atoms with Gasteiger partial charge in [0.2, 0.25) is 0 Å². The number of aromatic hydroxyl groups is 1. The van der Waals surface area contributed by atoms with Crippen LogP contribution in [0.5, 0.6) is 5.75 Å². The lowest BCUT2D eigenvalue weighted by Gasteiger charge is -2.18. The highest BCUT2D eigenvalue weighted by atomic mass is 16.5. The molecule has 0 aromatic heterocycles. The topological polar surface area (TPSA) is 179 Å². The Hall–Kier alpha value is -3.14. The largest absolute Gasteiger partial charge is 0.508 e. The standard InChI is InChI=1S/C10H12O3.C6H8O7/c1-2-7-13-10(12)8-3-5-9(11)6-4-8;7-3(8)1-6(13,5(11)12)2-4(9)10/h3-6,11H,2,7H2,1H3;13H,1-2H2,(H,7,8)(H,9,10)(H,11,12). The van der Waals surface area contributed by atoms with Gasteiger partial charge < -0.3 is 30.3 Å². The summed E-state index contributed by atoms with van der Waals surface area (Å²) in [5, 5.41) is 42.8. The first-order valence-electron chi connectivity index (χ1n) is 7.37. The predicted molar refractivity (Wildman–Crippen MR) is 85.8 cm³/mol. The van der Waals surface area contributed by atoms with Gasteiger partial charge in [0.15, 0.2) is 5.60 Å². The number of hydrogen-bond donors (Lipinski definition) is 5. The molecule has 1 rings (SSSR count). The second-order valence-corrected chi connectivity index (χ2v) is 5.16. The number of carbonyl (C=O) groups is 4. The summed E-state index contributed by atoms with van der Waals surface area (Å²) in [5.74, 6) is -5.22. The molecule has 1 aromatic carbocycles. The van der Waals surface area contributed by atoms with Crippen molar-refractivity contribution in [3.05, 3.63) is 29.8 Å². The van der Waals surface area contributed by atoms with Gasteiger partial charge in [-0.3, -0.25) is 9.59 Å². The van der Waals surface area contributed by atoms with Gasteiger partial charge in [-0.2, -0.15) is 0 Å². The molecular weight excluding hydrogens is 352 g/mol. The molecule has 1 aromatic rings. The van der Waals surface area contributed by atoms with E-state index in [1.807, 2.05) is 6.92 Å². The molecule has 0 spiro atoms. The minimum Gasteiger partial charge on any atom is -0.508 e. The highest BCUT2D eigenvalue weighted by Gasteiger charge is 2.40. The molecule has 0 unspecified atom stereocenters. The molecule has 5 N–H and O–H groups in total.